The monoisotopic (exact) mass is 423 g/mol. The number of amides is 3. The molecule has 3 amide bonds. The Bertz CT molecular complexity index is 1060. The molecule has 3 heterocycles. The molecule has 1 fully saturated rings. The minimum absolute atomic E-state index is 0.0720. The summed E-state index contributed by atoms with van der Waals surface area (Å²) in [4.78, 5) is 38.2. The van der Waals surface area contributed by atoms with Gasteiger partial charge in [0.1, 0.15) is 11.5 Å². The van der Waals surface area contributed by atoms with Crippen LogP contribution in [0.15, 0.2) is 57.6 Å². The van der Waals surface area contributed by atoms with Crippen LogP contribution >= 0.6 is 11.3 Å². The summed E-state index contributed by atoms with van der Waals surface area (Å²) in [7, 11) is 0. The molecule has 4 rings (SSSR count). The molecule has 0 saturated carbocycles. The normalized spacial score (nSPS) is 13.9. The quantitative estimate of drug-likeness (QED) is 0.611. The number of nitrogens with zero attached hydrogens (tertiary/aromatic N) is 1. The van der Waals surface area contributed by atoms with E-state index in [0.717, 1.165) is 24.1 Å². The summed E-state index contributed by atoms with van der Waals surface area (Å²) < 4.78 is 5.69. The van der Waals surface area contributed by atoms with Crippen molar-refractivity contribution in [1.29, 1.82) is 0 Å². The fraction of sp³-hybridized carbons (Fsp3) is 0.227. The predicted molar refractivity (Wildman–Crippen MR) is 115 cm³/mol. The lowest BCUT2D eigenvalue weighted by atomic mass is 10.1. The topological polar surface area (TPSA) is 91.7 Å². The van der Waals surface area contributed by atoms with E-state index in [2.05, 4.69) is 10.6 Å². The highest BCUT2D eigenvalue weighted by Crippen LogP contribution is 2.25. The average Bonchev–Trinajstić information content (AvgIpc) is 3.44. The molecular formula is C22H21N3O4S. The number of thiophene rings is 1. The maximum Gasteiger partial charge on any atom is 0.313 e. The molecule has 1 aliphatic heterocycles. The van der Waals surface area contributed by atoms with Crippen LogP contribution in [-0.2, 0) is 20.9 Å². The Hall–Kier alpha value is -3.39. The average molecular weight is 423 g/mol. The van der Waals surface area contributed by atoms with Crippen molar-refractivity contribution in [3.8, 4) is 11.3 Å². The lowest BCUT2D eigenvalue weighted by molar-refractivity contribution is -0.136. The molecule has 30 heavy (non-hydrogen) atoms. The molecule has 0 aliphatic carbocycles. The van der Waals surface area contributed by atoms with Gasteiger partial charge in [0.05, 0.1) is 6.54 Å². The fourth-order valence-corrected chi connectivity index (χ4v) is 3.94. The standard InChI is InChI=1S/C22H21N3O4S/c26-20-6-1-2-10-25(20)17-5-3-4-16(12-17)24-22(28)21(27)23-13-18-7-8-19(29-18)15-9-11-30-14-15/h3-5,7-9,11-12,14H,1-2,6,10,13H2,(H,23,27)(H,24,28). The van der Waals surface area contributed by atoms with E-state index in [1.165, 1.54) is 0 Å². The second-order valence-corrected chi connectivity index (χ2v) is 7.75. The predicted octanol–water partition coefficient (Wildman–Crippen LogP) is 3.78. The minimum Gasteiger partial charge on any atom is -0.459 e. The summed E-state index contributed by atoms with van der Waals surface area (Å²) in [6.45, 7) is 0.770. The van der Waals surface area contributed by atoms with Gasteiger partial charge in [-0.25, -0.2) is 0 Å². The molecule has 3 aromatic rings. The van der Waals surface area contributed by atoms with Gasteiger partial charge in [0.15, 0.2) is 0 Å². The number of nitrogens with one attached hydrogen (secondary N) is 2. The van der Waals surface area contributed by atoms with Crippen LogP contribution in [0.2, 0.25) is 0 Å². The Kier molecular flexibility index (Phi) is 5.94. The van der Waals surface area contributed by atoms with Crippen molar-refractivity contribution in [2.75, 3.05) is 16.8 Å². The summed E-state index contributed by atoms with van der Waals surface area (Å²) in [5.41, 5.74) is 2.15. The first kappa shape index (κ1) is 19.9. The van der Waals surface area contributed by atoms with E-state index < -0.39 is 11.8 Å². The van der Waals surface area contributed by atoms with Gasteiger partial charge in [0, 0.05) is 35.3 Å². The Morgan fingerprint density at radius 3 is 2.80 bits per heavy atom. The van der Waals surface area contributed by atoms with Crippen LogP contribution in [0.3, 0.4) is 0 Å². The highest BCUT2D eigenvalue weighted by Gasteiger charge is 2.20. The van der Waals surface area contributed by atoms with Crippen LogP contribution in [0.5, 0.6) is 0 Å². The lowest BCUT2D eigenvalue weighted by Crippen LogP contribution is -2.36. The third kappa shape index (κ3) is 4.60. The summed E-state index contributed by atoms with van der Waals surface area (Å²) in [6, 6.07) is 12.5. The summed E-state index contributed by atoms with van der Waals surface area (Å²) in [6.07, 6.45) is 2.38. The van der Waals surface area contributed by atoms with Crippen molar-refractivity contribution in [3.05, 3.63) is 59.0 Å². The molecule has 8 heteroatoms. The molecule has 7 nitrogen and oxygen atoms in total. The molecule has 0 unspecified atom stereocenters. The summed E-state index contributed by atoms with van der Waals surface area (Å²) in [5, 5.41) is 9.07. The summed E-state index contributed by atoms with van der Waals surface area (Å²) in [5.74, 6) is -0.190. The molecule has 0 radical (unpaired) electrons. The highest BCUT2D eigenvalue weighted by atomic mass is 32.1. The van der Waals surface area contributed by atoms with Crippen LogP contribution in [0.1, 0.15) is 25.0 Å². The van der Waals surface area contributed by atoms with Crippen LogP contribution in [0, 0.1) is 0 Å². The van der Waals surface area contributed by atoms with E-state index in [4.69, 9.17) is 4.42 Å². The van der Waals surface area contributed by atoms with E-state index in [-0.39, 0.29) is 12.5 Å². The van der Waals surface area contributed by atoms with Crippen molar-refractivity contribution < 1.29 is 18.8 Å². The van der Waals surface area contributed by atoms with Crippen molar-refractivity contribution in [2.45, 2.75) is 25.8 Å². The number of hydrogen-bond donors (Lipinski definition) is 2. The SMILES string of the molecule is O=C(NCc1ccc(-c2ccsc2)o1)C(=O)Nc1cccc(N2CCCCC2=O)c1. The molecule has 0 spiro atoms. The lowest BCUT2D eigenvalue weighted by Gasteiger charge is -2.27. The molecule has 1 aliphatic rings. The Labute approximate surface area is 177 Å². The molecule has 1 saturated heterocycles. The Balaban J connectivity index is 1.33. The largest absolute Gasteiger partial charge is 0.459 e. The van der Waals surface area contributed by atoms with Crippen LogP contribution < -0.4 is 15.5 Å². The van der Waals surface area contributed by atoms with E-state index in [0.29, 0.717) is 30.2 Å². The molecule has 1 aromatic carbocycles. The van der Waals surface area contributed by atoms with E-state index in [1.54, 1.807) is 40.5 Å². The molecule has 2 N–H and O–H groups in total. The molecule has 2 aromatic heterocycles. The molecule has 0 bridgehead atoms. The van der Waals surface area contributed by atoms with Crippen LogP contribution in [0.4, 0.5) is 11.4 Å². The van der Waals surface area contributed by atoms with Crippen molar-refractivity contribution in [2.24, 2.45) is 0 Å². The third-order valence-electron chi connectivity index (χ3n) is 4.84. The van der Waals surface area contributed by atoms with Crippen molar-refractivity contribution >= 4 is 40.4 Å². The number of rotatable bonds is 5. The number of piperidine rings is 1. The first-order valence-corrected chi connectivity index (χ1v) is 10.7. The molecule has 154 valence electrons. The van der Waals surface area contributed by atoms with Crippen LogP contribution in [0.25, 0.3) is 11.3 Å². The first-order valence-electron chi connectivity index (χ1n) is 9.71. The second kappa shape index (κ2) is 8.96. The molecular weight excluding hydrogens is 402 g/mol. The minimum atomic E-state index is -0.776. The number of benzene rings is 1. The van der Waals surface area contributed by atoms with Gasteiger partial charge in [-0.3, -0.25) is 14.4 Å². The van der Waals surface area contributed by atoms with Gasteiger partial charge in [-0.05, 0) is 54.6 Å². The number of hydrogen-bond acceptors (Lipinski definition) is 5. The van der Waals surface area contributed by atoms with E-state index in [9.17, 15) is 14.4 Å². The number of carbonyl (C=O) groups is 3. The third-order valence-corrected chi connectivity index (χ3v) is 5.52. The maximum absolute atomic E-state index is 12.2. The first-order chi connectivity index (χ1) is 14.6. The zero-order valence-electron chi connectivity index (χ0n) is 16.2. The van der Waals surface area contributed by atoms with Gasteiger partial charge >= 0.3 is 11.8 Å². The van der Waals surface area contributed by atoms with E-state index in [1.807, 2.05) is 29.0 Å². The van der Waals surface area contributed by atoms with Gasteiger partial charge in [0.25, 0.3) is 0 Å². The van der Waals surface area contributed by atoms with Gasteiger partial charge in [-0.1, -0.05) is 6.07 Å². The van der Waals surface area contributed by atoms with Crippen molar-refractivity contribution in [1.82, 2.24) is 5.32 Å². The zero-order chi connectivity index (χ0) is 20.9. The number of carbonyl (C=O) groups excluding carboxylic acids is 3. The van der Waals surface area contributed by atoms with Gasteiger partial charge in [-0.15, -0.1) is 0 Å². The number of anilines is 2. The van der Waals surface area contributed by atoms with Gasteiger partial charge in [0.2, 0.25) is 5.91 Å². The number of furan rings is 1. The fourth-order valence-electron chi connectivity index (χ4n) is 3.30. The van der Waals surface area contributed by atoms with Gasteiger partial charge < -0.3 is 20.0 Å². The Morgan fingerprint density at radius 1 is 1.10 bits per heavy atom. The highest BCUT2D eigenvalue weighted by molar-refractivity contribution is 7.08. The maximum atomic E-state index is 12.2. The van der Waals surface area contributed by atoms with E-state index >= 15 is 0 Å². The van der Waals surface area contributed by atoms with Crippen LogP contribution in [-0.4, -0.2) is 24.3 Å². The van der Waals surface area contributed by atoms with Gasteiger partial charge in [-0.2, -0.15) is 11.3 Å². The molecule has 0 atom stereocenters. The second-order valence-electron chi connectivity index (χ2n) is 6.97. The Morgan fingerprint density at radius 2 is 2.00 bits per heavy atom. The smallest absolute Gasteiger partial charge is 0.313 e. The summed E-state index contributed by atoms with van der Waals surface area (Å²) >= 11 is 1.57. The zero-order valence-corrected chi connectivity index (χ0v) is 17.0. The van der Waals surface area contributed by atoms with Crippen molar-refractivity contribution in [3.63, 3.8) is 0 Å².